The summed E-state index contributed by atoms with van der Waals surface area (Å²) < 4.78 is 0. The Morgan fingerprint density at radius 1 is 0.204 bits per heavy atom. The Bertz CT molecular complexity index is 2540. The van der Waals surface area contributed by atoms with E-state index in [1.165, 1.54) is 36.4 Å². The summed E-state index contributed by atoms with van der Waals surface area (Å²) in [6, 6.07) is 29.7. The normalized spacial score (nSPS) is 7.73. The van der Waals surface area contributed by atoms with Crippen LogP contribution in [0.5, 0.6) is 0 Å². The molecule has 0 atom stereocenters. The van der Waals surface area contributed by atoms with Gasteiger partial charge >= 0.3 is 0 Å². The summed E-state index contributed by atoms with van der Waals surface area (Å²) >= 11 is 0. The number of benzene rings is 1. The van der Waals surface area contributed by atoms with Crippen LogP contribution in [0.3, 0.4) is 0 Å². The van der Waals surface area contributed by atoms with Gasteiger partial charge in [0.25, 0.3) is 0 Å². The van der Waals surface area contributed by atoms with E-state index in [1.54, 1.807) is 80.4 Å². The summed E-state index contributed by atoms with van der Waals surface area (Å²) in [4.78, 5) is 62.4. The summed E-state index contributed by atoms with van der Waals surface area (Å²) in [5, 5.41) is 2.29. The third kappa shape index (κ3) is 70.1. The molecule has 0 saturated heterocycles. The average molecular weight is 1280 g/mol. The molecule has 11 rings (SSSR count). The molecule has 1 aromatic carbocycles. The molecule has 16 nitrogen and oxygen atoms in total. The van der Waals surface area contributed by atoms with Gasteiger partial charge < -0.3 is 0 Å². The zero-order chi connectivity index (χ0) is 73.2. The lowest BCUT2D eigenvalue weighted by molar-refractivity contribution is 0.974. The number of hydrogen-bond donors (Lipinski definition) is 0. The molecule has 0 saturated carbocycles. The summed E-state index contributed by atoms with van der Waals surface area (Å²) in [5.74, 6) is 1.58. The van der Waals surface area contributed by atoms with Gasteiger partial charge in [-0.25, -0.2) is 44.9 Å². The van der Waals surface area contributed by atoms with Crippen LogP contribution in [-0.4, -0.2) is 79.7 Å². The third-order valence-electron chi connectivity index (χ3n) is 8.47. The van der Waals surface area contributed by atoms with Crippen molar-refractivity contribution < 1.29 is 0 Å². The van der Waals surface area contributed by atoms with Crippen molar-refractivity contribution in [3.05, 3.63) is 254 Å². The monoisotopic (exact) mass is 1280 g/mol. The van der Waals surface area contributed by atoms with Crippen LogP contribution < -0.4 is 0 Å². The zero-order valence-electron chi connectivity index (χ0n) is 63.7. The van der Waals surface area contributed by atoms with E-state index in [2.05, 4.69) is 104 Å². The maximum atomic E-state index is 4.54. The first-order valence-corrected chi connectivity index (χ1v) is 33.2. The second-order valence-corrected chi connectivity index (χ2v) is 14.8. The molecule has 0 amide bonds. The van der Waals surface area contributed by atoms with E-state index in [0.29, 0.717) is 0 Å². The van der Waals surface area contributed by atoms with Crippen molar-refractivity contribution in [2.75, 3.05) is 0 Å². The quantitative estimate of drug-likeness (QED) is 0.129. The molecule has 10 aromatic heterocycles. The van der Waals surface area contributed by atoms with Crippen LogP contribution in [0, 0.1) is 62.3 Å². The maximum Gasteiger partial charge on any atom is 0.128 e. The van der Waals surface area contributed by atoms with Gasteiger partial charge in [-0.15, -0.1) is 0 Å². The highest BCUT2D eigenvalue weighted by Crippen LogP contribution is 2.21. The smallest absolute Gasteiger partial charge is 0.128 e. The minimum absolute atomic E-state index is 0.759. The lowest BCUT2D eigenvalue weighted by Crippen LogP contribution is -1.86. The Kier molecular flexibility index (Phi) is 98.6. The largest absolute Gasteiger partial charge is 0.265 e. The molecule has 10 heterocycles. The van der Waals surface area contributed by atoms with Crippen molar-refractivity contribution in [2.24, 2.45) is 0 Å². The molecule has 0 aliphatic heterocycles. The molecule has 0 bridgehead atoms. The Morgan fingerprint density at radius 2 is 0.645 bits per heavy atom. The highest BCUT2D eigenvalue weighted by Gasteiger charge is 2.02. The second-order valence-electron chi connectivity index (χ2n) is 14.8. The standard InChI is InChI=1S/C13H10N2.3C6H7N.4C5H6N2.C4H5N3.11C2H6/c1-9-4-5-11-7-6-10-3-2-8-14-12(10)13(11)15-9;1-6-2-4-7-5-3-6;1-6-3-2-4-7-5-6;1-6-4-2-3-5-7-6;1-5-2-6-4-7-3-5;1-5-4-6-2-3-7-5;1-5-2-3-6-4-7-5;1-5-6-3-2-4-7-5;1-4-6-2-5-3-7-4;11*1-2/h2-8H,1H3;3*2-5H,1H3;4*2-4H,1H3;2-3H,1H3;11*1-2H3. The predicted octanol–water partition coefficient (Wildman–Crippen LogP) is 21.9. The van der Waals surface area contributed by atoms with Crippen LogP contribution in [0.4, 0.5) is 0 Å². The zero-order valence-corrected chi connectivity index (χ0v) is 63.7. The van der Waals surface area contributed by atoms with Crippen molar-refractivity contribution >= 4 is 21.8 Å². The predicted molar refractivity (Wildman–Crippen MR) is 405 cm³/mol. The van der Waals surface area contributed by atoms with Crippen LogP contribution in [0.1, 0.15) is 203 Å². The highest BCUT2D eigenvalue weighted by atomic mass is 15.0. The Balaban J connectivity index is -0.000000119. The van der Waals surface area contributed by atoms with E-state index >= 15 is 0 Å². The number of fused-ring (bicyclic) bond motifs is 3. The van der Waals surface area contributed by atoms with Crippen molar-refractivity contribution in [1.82, 2.24) is 79.7 Å². The summed E-state index contributed by atoms with van der Waals surface area (Å²) in [5.41, 5.74) is 9.62. The summed E-state index contributed by atoms with van der Waals surface area (Å²) in [7, 11) is 0. The minimum atomic E-state index is 0.759. The number of rotatable bonds is 0. The molecule has 0 radical (unpaired) electrons. The van der Waals surface area contributed by atoms with Gasteiger partial charge in [0.1, 0.15) is 37.0 Å². The molecular formula is C77H126N16. The first-order chi connectivity index (χ1) is 45.5. The van der Waals surface area contributed by atoms with Gasteiger partial charge in [-0.1, -0.05) is 189 Å². The molecule has 93 heavy (non-hydrogen) atoms. The van der Waals surface area contributed by atoms with Crippen molar-refractivity contribution in [1.29, 1.82) is 0 Å². The number of aromatic nitrogens is 16. The molecule has 0 aliphatic carbocycles. The maximum absolute atomic E-state index is 4.54. The van der Waals surface area contributed by atoms with Crippen LogP contribution in [0.25, 0.3) is 21.8 Å². The van der Waals surface area contributed by atoms with Gasteiger partial charge in [-0.3, -0.25) is 34.9 Å². The molecule has 11 aromatic rings. The van der Waals surface area contributed by atoms with Crippen LogP contribution in [0.15, 0.2) is 203 Å². The van der Waals surface area contributed by atoms with Gasteiger partial charge in [0.15, 0.2) is 0 Å². The van der Waals surface area contributed by atoms with E-state index in [4.69, 9.17) is 0 Å². The first-order valence-electron chi connectivity index (χ1n) is 33.2. The highest BCUT2D eigenvalue weighted by molar-refractivity contribution is 6.02. The Hall–Kier alpha value is -9.18. The fraction of sp³-hybridized carbons (Fsp3) is 0.403. The van der Waals surface area contributed by atoms with Crippen LogP contribution >= 0.6 is 0 Å². The van der Waals surface area contributed by atoms with Gasteiger partial charge in [0.05, 0.1) is 16.7 Å². The molecule has 16 heteroatoms. The fourth-order valence-electron chi connectivity index (χ4n) is 4.92. The van der Waals surface area contributed by atoms with Crippen molar-refractivity contribution in [3.63, 3.8) is 0 Å². The van der Waals surface area contributed by atoms with Gasteiger partial charge in [-0.2, -0.15) is 0 Å². The van der Waals surface area contributed by atoms with Gasteiger partial charge in [-0.05, 0) is 134 Å². The SMILES string of the molecule is CC.CC.CC.CC.CC.CC.CC.CC.CC.CC.CC.Cc1ccc2ccc3cccnc3c2n1.Cc1ccccn1.Cc1cccnc1.Cc1ccncc1.Cc1ccncn1.Cc1cnccn1.Cc1cncnc1.Cc1ncccn1.Cc1ncncn1. The van der Waals surface area contributed by atoms with E-state index in [9.17, 15) is 0 Å². The van der Waals surface area contributed by atoms with Gasteiger partial charge in [0.2, 0.25) is 0 Å². The number of pyridine rings is 5. The molecule has 0 N–H and O–H groups in total. The lowest BCUT2D eigenvalue weighted by atomic mass is 10.1. The molecule has 0 aliphatic rings. The molecule has 0 unspecified atom stereocenters. The van der Waals surface area contributed by atoms with Gasteiger partial charge in [0, 0.05) is 115 Å². The lowest BCUT2D eigenvalue weighted by Gasteiger charge is -2.02. The third-order valence-corrected chi connectivity index (χ3v) is 8.47. The number of nitrogens with zero attached hydrogens (tertiary/aromatic N) is 16. The molecule has 0 spiro atoms. The molecule has 514 valence electrons. The minimum Gasteiger partial charge on any atom is -0.265 e. The fourth-order valence-corrected chi connectivity index (χ4v) is 4.92. The molecule has 0 fully saturated rings. The average Bonchev–Trinajstić information content (AvgIpc) is 0.969. The Labute approximate surface area is 567 Å². The second kappa shape index (κ2) is 89.2. The summed E-state index contributed by atoms with van der Waals surface area (Å²) in [6.45, 7) is 61.5. The van der Waals surface area contributed by atoms with E-state index in [-0.39, 0.29) is 0 Å². The Morgan fingerprint density at radius 3 is 0.957 bits per heavy atom. The van der Waals surface area contributed by atoms with E-state index in [1.807, 2.05) is 288 Å². The van der Waals surface area contributed by atoms with E-state index in [0.717, 1.165) is 61.8 Å². The first kappa shape index (κ1) is 103. The van der Waals surface area contributed by atoms with Crippen LogP contribution in [-0.2, 0) is 0 Å². The summed E-state index contributed by atoms with van der Waals surface area (Å²) in [6.07, 6.45) is 30.6. The number of hydrogen-bond acceptors (Lipinski definition) is 16. The topological polar surface area (TPSA) is 206 Å². The van der Waals surface area contributed by atoms with E-state index < -0.39 is 0 Å². The van der Waals surface area contributed by atoms with Crippen LogP contribution in [0.2, 0.25) is 0 Å². The molecular weight excluding hydrogens is 1150 g/mol. The van der Waals surface area contributed by atoms with Crippen molar-refractivity contribution in [2.45, 2.75) is 215 Å². The van der Waals surface area contributed by atoms with Crippen molar-refractivity contribution in [3.8, 4) is 0 Å². The number of aryl methyl sites for hydroxylation is 9.